The summed E-state index contributed by atoms with van der Waals surface area (Å²) in [5.41, 5.74) is 1.16. The minimum atomic E-state index is -0.541. The molecule has 8 nitrogen and oxygen atoms in total. The van der Waals surface area contributed by atoms with Gasteiger partial charge in [-0.15, -0.1) is 5.10 Å². The Bertz CT molecular complexity index is 1160. The van der Waals surface area contributed by atoms with Crippen molar-refractivity contribution in [2.24, 2.45) is 10.2 Å². The molecule has 0 bridgehead atoms. The van der Waals surface area contributed by atoms with E-state index >= 15 is 0 Å². The van der Waals surface area contributed by atoms with Crippen LogP contribution >= 0.6 is 0 Å². The molecule has 0 unspecified atom stereocenters. The number of ketones is 1. The number of hydrogen-bond acceptors (Lipinski definition) is 7. The monoisotopic (exact) mass is 401 g/mol. The Morgan fingerprint density at radius 2 is 1.53 bits per heavy atom. The van der Waals surface area contributed by atoms with Crippen molar-refractivity contribution in [1.82, 2.24) is 0 Å². The molecule has 1 aliphatic heterocycles. The molecule has 4 rings (SSSR count). The number of nitro benzene ring substituents is 1. The van der Waals surface area contributed by atoms with Crippen LogP contribution in [0.15, 0.2) is 83.0 Å². The Balaban J connectivity index is 1.72. The summed E-state index contributed by atoms with van der Waals surface area (Å²) < 4.78 is 10.5. The fourth-order valence-electron chi connectivity index (χ4n) is 2.91. The smallest absolute Gasteiger partial charge is 0.282 e. The molecule has 0 amide bonds. The number of nitro groups is 1. The van der Waals surface area contributed by atoms with Gasteiger partial charge < -0.3 is 9.47 Å². The van der Waals surface area contributed by atoms with Crippen molar-refractivity contribution in [2.75, 3.05) is 6.79 Å². The van der Waals surface area contributed by atoms with E-state index < -0.39 is 4.92 Å². The number of rotatable bonds is 6. The molecule has 1 heterocycles. The minimum Gasteiger partial charge on any atom is -0.454 e. The molecule has 0 fully saturated rings. The zero-order valence-corrected chi connectivity index (χ0v) is 15.6. The second-order valence-electron chi connectivity index (χ2n) is 6.28. The number of benzene rings is 3. The highest BCUT2D eigenvalue weighted by atomic mass is 16.7. The first kappa shape index (κ1) is 19.0. The summed E-state index contributed by atoms with van der Waals surface area (Å²) in [6, 6.07) is 20.3. The lowest BCUT2D eigenvalue weighted by Crippen LogP contribution is -2.15. The Labute approximate surface area is 171 Å². The summed E-state index contributed by atoms with van der Waals surface area (Å²) in [5, 5.41) is 19.5. The molecule has 0 atom stereocenters. The molecule has 0 radical (unpaired) electrons. The molecule has 0 N–H and O–H groups in total. The van der Waals surface area contributed by atoms with Crippen molar-refractivity contribution >= 4 is 23.4 Å². The zero-order valence-electron chi connectivity index (χ0n) is 15.6. The van der Waals surface area contributed by atoms with Crippen LogP contribution in [0.2, 0.25) is 0 Å². The van der Waals surface area contributed by atoms with E-state index in [9.17, 15) is 14.9 Å². The van der Waals surface area contributed by atoms with Gasteiger partial charge in [0.25, 0.3) is 5.69 Å². The van der Waals surface area contributed by atoms with Crippen LogP contribution < -0.4 is 9.47 Å². The predicted molar refractivity (Wildman–Crippen MR) is 111 cm³/mol. The maximum Gasteiger partial charge on any atom is 0.282 e. The quantitative estimate of drug-likeness (QED) is 0.268. The molecule has 0 spiro atoms. The molecule has 3 aromatic carbocycles. The van der Waals surface area contributed by atoms with E-state index in [0.717, 1.165) is 0 Å². The third-order valence-corrected chi connectivity index (χ3v) is 4.37. The van der Waals surface area contributed by atoms with Crippen molar-refractivity contribution in [2.45, 2.75) is 0 Å². The summed E-state index contributed by atoms with van der Waals surface area (Å²) in [6.07, 6.45) is 1.22. The van der Waals surface area contributed by atoms with Crippen LogP contribution in [0.1, 0.15) is 21.5 Å². The topological polar surface area (TPSA) is 103 Å². The van der Waals surface area contributed by atoms with Gasteiger partial charge in [-0.1, -0.05) is 60.7 Å². The molecule has 0 saturated carbocycles. The standard InChI is InChI=1S/C22H15N3O5/c26-22(16-9-5-2-6-10-16)21(15-7-3-1-4-8-15)24-23-13-17-11-19-20(30-14-29-19)12-18(17)25(27)28/h1-13H,14H2/b23-13-,24-21-. The summed E-state index contributed by atoms with van der Waals surface area (Å²) in [4.78, 5) is 23.8. The van der Waals surface area contributed by atoms with Gasteiger partial charge in [0.05, 0.1) is 22.8 Å². The van der Waals surface area contributed by atoms with Gasteiger partial charge >= 0.3 is 0 Å². The first-order valence-electron chi connectivity index (χ1n) is 8.98. The lowest BCUT2D eigenvalue weighted by Gasteiger charge is -2.04. The summed E-state index contributed by atoms with van der Waals surface area (Å²) in [6.45, 7) is -0.00499. The maximum absolute atomic E-state index is 13.0. The number of hydrogen-bond donors (Lipinski definition) is 0. The first-order valence-corrected chi connectivity index (χ1v) is 8.98. The van der Waals surface area contributed by atoms with Crippen LogP contribution in [0.25, 0.3) is 0 Å². The van der Waals surface area contributed by atoms with Crippen LogP contribution in [-0.4, -0.2) is 29.4 Å². The Morgan fingerprint density at radius 1 is 0.933 bits per heavy atom. The van der Waals surface area contributed by atoms with Crippen LogP contribution in [-0.2, 0) is 0 Å². The number of carbonyl (C=O) groups excluding carboxylic acids is 1. The van der Waals surface area contributed by atoms with Crippen LogP contribution in [0, 0.1) is 10.1 Å². The largest absolute Gasteiger partial charge is 0.454 e. The van der Waals surface area contributed by atoms with Crippen molar-refractivity contribution in [3.05, 3.63) is 99.6 Å². The third-order valence-electron chi connectivity index (χ3n) is 4.37. The van der Waals surface area contributed by atoms with Crippen molar-refractivity contribution in [3.8, 4) is 11.5 Å². The predicted octanol–water partition coefficient (Wildman–Crippen LogP) is 4.03. The molecule has 0 saturated heterocycles. The molecule has 148 valence electrons. The van der Waals surface area contributed by atoms with Gasteiger partial charge in [0, 0.05) is 11.1 Å². The van der Waals surface area contributed by atoms with Gasteiger partial charge in [-0.05, 0) is 6.07 Å². The van der Waals surface area contributed by atoms with Gasteiger partial charge in [-0.3, -0.25) is 14.9 Å². The molecule has 0 aromatic heterocycles. The van der Waals surface area contributed by atoms with Crippen LogP contribution in [0.3, 0.4) is 0 Å². The second kappa shape index (κ2) is 8.36. The van der Waals surface area contributed by atoms with E-state index in [1.807, 2.05) is 12.1 Å². The number of fused-ring (bicyclic) bond motifs is 1. The minimum absolute atomic E-state index is 0.00499. The van der Waals surface area contributed by atoms with E-state index in [1.165, 1.54) is 18.3 Å². The number of Topliss-reactive ketones (excluding diaryl/α,β-unsaturated/α-hetero) is 1. The lowest BCUT2D eigenvalue weighted by molar-refractivity contribution is -0.385. The van der Waals surface area contributed by atoms with Crippen molar-refractivity contribution in [1.29, 1.82) is 0 Å². The zero-order chi connectivity index (χ0) is 20.9. The normalized spacial score (nSPS) is 12.9. The van der Waals surface area contributed by atoms with E-state index in [1.54, 1.807) is 48.5 Å². The first-order chi connectivity index (χ1) is 14.6. The molecule has 8 heteroatoms. The Morgan fingerprint density at radius 3 is 2.17 bits per heavy atom. The van der Waals surface area contributed by atoms with Gasteiger partial charge in [-0.25, -0.2) is 0 Å². The molecule has 0 aliphatic carbocycles. The van der Waals surface area contributed by atoms with E-state index in [-0.39, 0.29) is 29.5 Å². The molecular weight excluding hydrogens is 386 g/mol. The summed E-state index contributed by atoms with van der Waals surface area (Å²) in [5.74, 6) is 0.375. The highest BCUT2D eigenvalue weighted by Gasteiger charge is 2.22. The summed E-state index contributed by atoms with van der Waals surface area (Å²) >= 11 is 0. The maximum atomic E-state index is 13.0. The molecule has 1 aliphatic rings. The van der Waals surface area contributed by atoms with E-state index in [0.29, 0.717) is 22.6 Å². The Kier molecular flexibility index (Phi) is 5.29. The lowest BCUT2D eigenvalue weighted by atomic mass is 10.0. The third kappa shape index (κ3) is 3.93. The molecule has 30 heavy (non-hydrogen) atoms. The number of nitrogens with zero attached hydrogens (tertiary/aromatic N) is 3. The average molecular weight is 401 g/mol. The fraction of sp³-hybridized carbons (Fsp3) is 0.0455. The van der Waals surface area contributed by atoms with Crippen LogP contribution in [0.4, 0.5) is 5.69 Å². The number of carbonyl (C=O) groups is 1. The van der Waals surface area contributed by atoms with Crippen molar-refractivity contribution < 1.29 is 19.2 Å². The molecule has 3 aromatic rings. The number of ether oxygens (including phenoxy) is 2. The summed E-state index contributed by atoms with van der Waals surface area (Å²) in [7, 11) is 0. The highest BCUT2D eigenvalue weighted by molar-refractivity contribution is 6.51. The van der Waals surface area contributed by atoms with E-state index in [4.69, 9.17) is 9.47 Å². The fourth-order valence-corrected chi connectivity index (χ4v) is 2.91. The Hall–Kier alpha value is -4.33. The van der Waals surface area contributed by atoms with E-state index in [2.05, 4.69) is 10.2 Å². The average Bonchev–Trinajstić information content (AvgIpc) is 3.24. The van der Waals surface area contributed by atoms with Crippen molar-refractivity contribution in [3.63, 3.8) is 0 Å². The van der Waals surface area contributed by atoms with Gasteiger partial charge in [0.1, 0.15) is 5.71 Å². The molecular formula is C22H15N3O5. The van der Waals surface area contributed by atoms with Gasteiger partial charge in [-0.2, -0.15) is 5.10 Å². The second-order valence-corrected chi connectivity index (χ2v) is 6.28. The van der Waals surface area contributed by atoms with Gasteiger partial charge in [0.15, 0.2) is 11.5 Å². The highest BCUT2D eigenvalue weighted by Crippen LogP contribution is 2.37. The van der Waals surface area contributed by atoms with Gasteiger partial charge in [0.2, 0.25) is 12.6 Å². The van der Waals surface area contributed by atoms with Crippen LogP contribution in [0.5, 0.6) is 11.5 Å². The SMILES string of the molecule is O=C(/C(=N\N=C/c1cc2c(cc1[N+](=O)[O-])OCO2)c1ccccc1)c1ccccc1.